The first-order valence-corrected chi connectivity index (χ1v) is 22.0. The molecule has 6 rings (SSSR count). The van der Waals surface area contributed by atoms with Crippen LogP contribution < -0.4 is 4.74 Å². The average molecular weight is 562 g/mol. The molecule has 0 radical (unpaired) electrons. The van der Waals surface area contributed by atoms with E-state index in [1.54, 1.807) is 13.6 Å². The van der Waals surface area contributed by atoms with E-state index >= 15 is 0 Å². The van der Waals surface area contributed by atoms with E-state index in [2.05, 4.69) is 131 Å². The van der Waals surface area contributed by atoms with Crippen LogP contribution in [0.15, 0.2) is 124 Å². The van der Waals surface area contributed by atoms with Crippen LogP contribution in [-0.2, 0) is 18.3 Å². The number of ether oxygens (including phenoxy) is 1. The molecule has 37 heavy (non-hydrogen) atoms. The van der Waals surface area contributed by atoms with E-state index < -0.39 is 18.3 Å². The SMILES string of the molecule is COc1ccc2c(c1)[CH]([Zr]([CH3])([CH3])([C]1=CC(C)=CC1)=[C](c1ccccc1)c1ccccc1)c1ccccc1-2. The zero-order valence-corrected chi connectivity index (χ0v) is 24.6. The fourth-order valence-electron chi connectivity index (χ4n) is 7.20. The third kappa shape index (κ3) is 3.72. The first kappa shape index (κ1) is 24.3. The topological polar surface area (TPSA) is 9.23 Å². The molecule has 0 heterocycles. The van der Waals surface area contributed by atoms with Gasteiger partial charge in [-0.2, -0.15) is 0 Å². The van der Waals surface area contributed by atoms with Crippen molar-refractivity contribution in [2.75, 3.05) is 7.11 Å². The number of benzene rings is 4. The zero-order valence-electron chi connectivity index (χ0n) is 22.2. The Morgan fingerprint density at radius 3 is 1.92 bits per heavy atom. The van der Waals surface area contributed by atoms with Gasteiger partial charge in [-0.25, -0.2) is 0 Å². The monoisotopic (exact) mass is 560 g/mol. The molecule has 184 valence electrons. The van der Waals surface area contributed by atoms with Crippen LogP contribution in [0.3, 0.4) is 0 Å². The van der Waals surface area contributed by atoms with Crippen LogP contribution in [0, 0.1) is 0 Å². The van der Waals surface area contributed by atoms with Gasteiger partial charge in [0.25, 0.3) is 0 Å². The fraction of sp³-hybridized carbons (Fsp3) is 0.171. The Morgan fingerprint density at radius 2 is 1.32 bits per heavy atom. The second-order valence-electron chi connectivity index (χ2n) is 11.4. The van der Waals surface area contributed by atoms with Crippen molar-refractivity contribution in [1.82, 2.24) is 0 Å². The van der Waals surface area contributed by atoms with Gasteiger partial charge in [-0.15, -0.1) is 0 Å². The van der Waals surface area contributed by atoms with Crippen molar-refractivity contribution in [2.24, 2.45) is 0 Å². The summed E-state index contributed by atoms with van der Waals surface area (Å²) in [4.78, 5) is 0. The van der Waals surface area contributed by atoms with Crippen molar-refractivity contribution in [3.05, 3.63) is 146 Å². The maximum absolute atomic E-state index is 5.80. The van der Waals surface area contributed by atoms with Crippen molar-refractivity contribution >= 4 is 3.21 Å². The first-order chi connectivity index (χ1) is 17.9. The molecule has 2 aliphatic carbocycles. The molecule has 0 saturated heterocycles. The molecular weight excluding hydrogens is 528 g/mol. The van der Waals surface area contributed by atoms with Crippen molar-refractivity contribution in [1.29, 1.82) is 0 Å². The number of rotatable bonds is 5. The number of hydrogen-bond donors (Lipinski definition) is 0. The molecule has 0 amide bonds. The van der Waals surface area contributed by atoms with Gasteiger partial charge in [0.15, 0.2) is 0 Å². The van der Waals surface area contributed by atoms with Crippen LogP contribution in [0.5, 0.6) is 5.75 Å². The summed E-state index contributed by atoms with van der Waals surface area (Å²) in [5.41, 5.74) is 9.71. The molecule has 0 saturated carbocycles. The van der Waals surface area contributed by atoms with Crippen LogP contribution in [0.2, 0.25) is 9.26 Å². The molecule has 4 aromatic rings. The van der Waals surface area contributed by atoms with Crippen molar-refractivity contribution in [3.8, 4) is 16.9 Å². The Balaban J connectivity index is 1.84. The number of fused-ring (bicyclic) bond motifs is 3. The minimum atomic E-state index is -4.22. The Labute approximate surface area is 221 Å². The molecule has 0 spiro atoms. The van der Waals surface area contributed by atoms with Crippen LogP contribution >= 0.6 is 0 Å². The van der Waals surface area contributed by atoms with Crippen molar-refractivity contribution in [2.45, 2.75) is 26.2 Å². The molecule has 0 aromatic heterocycles. The summed E-state index contributed by atoms with van der Waals surface area (Å²) in [5.74, 6) is 0.935. The van der Waals surface area contributed by atoms with Gasteiger partial charge < -0.3 is 0 Å². The normalized spacial score (nSPS) is 16.5. The maximum atomic E-state index is 5.80. The molecule has 1 nitrogen and oxygen atoms in total. The summed E-state index contributed by atoms with van der Waals surface area (Å²) in [6.45, 7) is 2.26. The zero-order chi connectivity index (χ0) is 25.6. The van der Waals surface area contributed by atoms with Gasteiger partial charge in [0, 0.05) is 0 Å². The van der Waals surface area contributed by atoms with Crippen molar-refractivity contribution < 1.29 is 23.0 Å². The molecule has 1 atom stereocenters. The van der Waals surface area contributed by atoms with Gasteiger partial charge in [0.1, 0.15) is 0 Å². The van der Waals surface area contributed by atoms with Crippen molar-refractivity contribution in [3.63, 3.8) is 0 Å². The minimum absolute atomic E-state index is 0.309. The third-order valence-electron chi connectivity index (χ3n) is 8.93. The predicted molar refractivity (Wildman–Crippen MR) is 155 cm³/mol. The van der Waals surface area contributed by atoms with E-state index in [-0.39, 0.29) is 0 Å². The molecule has 1 unspecified atom stereocenters. The molecule has 0 bridgehead atoms. The van der Waals surface area contributed by atoms with E-state index in [0.29, 0.717) is 3.63 Å². The Hall–Kier alpha value is -3.09. The van der Waals surface area contributed by atoms with Crippen LogP contribution in [0.25, 0.3) is 11.1 Å². The number of hydrogen-bond acceptors (Lipinski definition) is 1. The molecule has 0 aliphatic heterocycles. The quantitative estimate of drug-likeness (QED) is 0.236. The van der Waals surface area contributed by atoms with Crippen LogP contribution in [0.1, 0.15) is 39.2 Å². The molecule has 0 fully saturated rings. The average Bonchev–Trinajstić information content (AvgIpc) is 3.52. The Morgan fingerprint density at radius 1 is 0.730 bits per heavy atom. The summed E-state index contributed by atoms with van der Waals surface area (Å²) >= 11 is -4.22. The molecular formula is C35H34OZr. The van der Waals surface area contributed by atoms with Gasteiger partial charge in [-0.05, 0) is 0 Å². The summed E-state index contributed by atoms with van der Waals surface area (Å²) in [6, 6.07) is 38.2. The number of allylic oxidation sites excluding steroid dienone is 4. The summed E-state index contributed by atoms with van der Waals surface area (Å²) in [7, 11) is 1.78. The standard InChI is InChI=1S/C14H11O.C13H10.C6H7.2CH3.Zr/c1-15-12-6-7-14-11(9-12)8-10-4-2-3-5-13(10)14;1-3-7-12(8-4-1)11-13-9-5-2-6-10-13;1-6-4-2-3-5-6;;;/h2-9H,1H3;1-10H;4-5H,2H2,1H3;2*1H3;. The van der Waals surface area contributed by atoms with E-state index in [1.807, 2.05) is 0 Å². The van der Waals surface area contributed by atoms with Gasteiger partial charge in [-0.1, -0.05) is 0 Å². The molecule has 4 aromatic carbocycles. The number of methoxy groups -OCH3 is 1. The summed E-state index contributed by atoms with van der Waals surface area (Å²) in [6.07, 6.45) is 5.99. The van der Waals surface area contributed by atoms with E-state index in [4.69, 9.17) is 4.74 Å². The van der Waals surface area contributed by atoms with E-state index in [1.165, 1.54) is 39.0 Å². The van der Waals surface area contributed by atoms with E-state index in [0.717, 1.165) is 12.2 Å². The fourth-order valence-corrected chi connectivity index (χ4v) is 24.0. The third-order valence-corrected chi connectivity index (χ3v) is 25.6. The van der Waals surface area contributed by atoms with Gasteiger partial charge in [0.05, 0.1) is 0 Å². The Kier molecular flexibility index (Phi) is 5.92. The van der Waals surface area contributed by atoms with Crippen LogP contribution in [-0.4, -0.2) is 10.3 Å². The van der Waals surface area contributed by atoms with E-state index in [9.17, 15) is 0 Å². The molecule has 2 heteroatoms. The Bertz CT molecular complexity index is 1590. The van der Waals surface area contributed by atoms with Gasteiger partial charge in [-0.3, -0.25) is 0 Å². The molecule has 2 aliphatic rings. The summed E-state index contributed by atoms with van der Waals surface area (Å²) < 4.78 is 14.7. The molecule has 0 N–H and O–H groups in total. The summed E-state index contributed by atoms with van der Waals surface area (Å²) in [5, 5.41) is 0. The first-order valence-electron chi connectivity index (χ1n) is 13.2. The van der Waals surface area contributed by atoms with Crippen LogP contribution in [0.4, 0.5) is 0 Å². The van der Waals surface area contributed by atoms with Gasteiger partial charge >= 0.3 is 223 Å². The second-order valence-corrected chi connectivity index (χ2v) is 27.9. The predicted octanol–water partition coefficient (Wildman–Crippen LogP) is 9.05. The second kappa shape index (κ2) is 9.03. The van der Waals surface area contributed by atoms with Gasteiger partial charge in [0.2, 0.25) is 0 Å².